The van der Waals surface area contributed by atoms with Gasteiger partial charge in [-0.1, -0.05) is 31.1 Å². The first-order valence-corrected chi connectivity index (χ1v) is 11.2. The molecule has 32 heavy (non-hydrogen) atoms. The number of carbonyl (C=O) groups excluding carboxylic acids is 2. The van der Waals surface area contributed by atoms with Gasteiger partial charge in [0.15, 0.2) is 23.8 Å². The van der Waals surface area contributed by atoms with E-state index in [9.17, 15) is 9.59 Å². The monoisotopic (exact) mass is 564 g/mol. The number of rotatable bonds is 6. The molecule has 4 rings (SSSR count). The molecule has 0 N–H and O–H groups in total. The Morgan fingerprint density at radius 1 is 0.844 bits per heavy atom. The average molecular weight is 566 g/mol. The van der Waals surface area contributed by atoms with Crippen LogP contribution in [-0.4, -0.2) is 11.6 Å². The van der Waals surface area contributed by atoms with Gasteiger partial charge in [0.05, 0.1) is 0 Å². The molecule has 2 aromatic heterocycles. The van der Waals surface area contributed by atoms with Crippen molar-refractivity contribution < 1.29 is 52.7 Å². The van der Waals surface area contributed by atoms with Crippen molar-refractivity contribution in [2.24, 2.45) is 5.92 Å². The lowest BCUT2D eigenvalue weighted by atomic mass is 10.0. The minimum atomic E-state index is 0. The van der Waals surface area contributed by atoms with E-state index in [2.05, 4.69) is 6.08 Å². The Morgan fingerprint density at radius 2 is 1.41 bits per heavy atom. The third-order valence-corrected chi connectivity index (χ3v) is 6.18. The van der Waals surface area contributed by atoms with Crippen molar-refractivity contribution in [3.63, 3.8) is 0 Å². The van der Waals surface area contributed by atoms with Crippen LogP contribution < -0.4 is 43.1 Å². The van der Waals surface area contributed by atoms with Gasteiger partial charge in [-0.2, -0.15) is 9.13 Å². The number of halogens is 2. The number of aryl methyl sites for hydroxylation is 2. The number of aromatic nitrogens is 2. The van der Waals surface area contributed by atoms with Crippen LogP contribution in [0, 0.1) is 19.8 Å². The summed E-state index contributed by atoms with van der Waals surface area (Å²) in [6.45, 7) is 5.11. The lowest BCUT2D eigenvalue weighted by molar-refractivity contribution is -0.690. The Labute approximate surface area is 213 Å². The van der Waals surface area contributed by atoms with Crippen LogP contribution in [0.1, 0.15) is 56.3 Å². The highest BCUT2D eigenvalue weighted by molar-refractivity contribution is 5.94. The molecular weight excluding hydrogens is 532 g/mol. The van der Waals surface area contributed by atoms with Crippen molar-refractivity contribution in [1.82, 2.24) is 0 Å². The molecule has 0 spiro atoms. The molecule has 2 aromatic rings. The number of hydrogen-bond donors (Lipinski definition) is 0. The smallest absolute Gasteiger partial charge is 0.223 e. The molecule has 0 radical (unpaired) electrons. The zero-order chi connectivity index (χ0) is 21.3. The quantitative estimate of drug-likeness (QED) is 0.381. The Hall–Kier alpha value is -1.66. The second-order valence-corrected chi connectivity index (χ2v) is 8.43. The molecule has 0 atom stereocenters. The molecule has 2 heterocycles. The Balaban J connectivity index is 0.000000301. The van der Waals surface area contributed by atoms with Gasteiger partial charge in [0, 0.05) is 44.0 Å². The van der Waals surface area contributed by atoms with E-state index in [0.29, 0.717) is 24.8 Å². The van der Waals surface area contributed by atoms with Crippen LogP contribution in [0.15, 0.2) is 60.4 Å². The van der Waals surface area contributed by atoms with Crippen molar-refractivity contribution in [1.29, 1.82) is 0 Å². The van der Waals surface area contributed by atoms with E-state index in [0.717, 1.165) is 49.1 Å². The lowest BCUT2D eigenvalue weighted by Crippen LogP contribution is -3.00. The lowest BCUT2D eigenvalue weighted by Gasteiger charge is -2.05. The first kappa shape index (κ1) is 28.4. The number of hydrogen-bond acceptors (Lipinski definition) is 2. The Morgan fingerprint density at radius 3 is 1.91 bits per heavy atom. The fourth-order valence-corrected chi connectivity index (χ4v) is 4.20. The molecule has 0 bridgehead atoms. The Bertz CT molecular complexity index is 922. The summed E-state index contributed by atoms with van der Waals surface area (Å²) in [5, 5.41) is 0. The summed E-state index contributed by atoms with van der Waals surface area (Å²) in [5.41, 5.74) is 3.30. The number of allylic oxidation sites excluding steroid dienone is 2. The number of pyridine rings is 2. The highest BCUT2D eigenvalue weighted by Crippen LogP contribution is 2.25. The minimum absolute atomic E-state index is 0. The number of Topliss-reactive ketones (excluding diaryl/α,β-unsaturated/α-hetero) is 2. The third kappa shape index (κ3) is 8.36. The molecule has 0 saturated heterocycles. The van der Waals surface area contributed by atoms with Crippen LogP contribution in [0.25, 0.3) is 0 Å². The average Bonchev–Trinajstić information content (AvgIpc) is 3.46. The molecule has 6 heteroatoms. The normalized spacial score (nSPS) is 15.0. The summed E-state index contributed by atoms with van der Waals surface area (Å²) < 4.78 is 4.04. The maximum atomic E-state index is 11.9. The molecule has 1 saturated carbocycles. The van der Waals surface area contributed by atoms with Gasteiger partial charge in [-0.3, -0.25) is 9.59 Å². The summed E-state index contributed by atoms with van der Waals surface area (Å²) in [6, 6.07) is 12.0. The molecule has 2 aliphatic carbocycles. The van der Waals surface area contributed by atoms with Crippen molar-refractivity contribution in [3.8, 4) is 0 Å². The van der Waals surface area contributed by atoms with Gasteiger partial charge in [-0.15, -0.1) is 0 Å². The maximum Gasteiger partial charge on any atom is 0.223 e. The van der Waals surface area contributed by atoms with E-state index < -0.39 is 0 Å². The summed E-state index contributed by atoms with van der Waals surface area (Å²) in [4.78, 5) is 23.8. The summed E-state index contributed by atoms with van der Waals surface area (Å²) >= 11 is 0. The molecule has 4 nitrogen and oxygen atoms in total. The van der Waals surface area contributed by atoms with E-state index in [4.69, 9.17) is 0 Å². The largest absolute Gasteiger partial charge is 1.00 e. The van der Waals surface area contributed by atoms with Gasteiger partial charge < -0.3 is 34.0 Å². The highest BCUT2D eigenvalue weighted by Gasteiger charge is 2.25. The second-order valence-electron chi connectivity index (χ2n) is 8.43. The summed E-state index contributed by atoms with van der Waals surface area (Å²) in [6.07, 6.45) is 13.9. The molecule has 0 unspecified atom stereocenters. The van der Waals surface area contributed by atoms with Crippen molar-refractivity contribution in [3.05, 3.63) is 71.8 Å². The van der Waals surface area contributed by atoms with E-state index in [1.54, 1.807) is 0 Å². The Kier molecular flexibility index (Phi) is 12.8. The summed E-state index contributed by atoms with van der Waals surface area (Å²) in [5.74, 6) is 1.01. The predicted octanol–water partition coefficient (Wildman–Crippen LogP) is -1.99. The van der Waals surface area contributed by atoms with Crippen molar-refractivity contribution in [2.45, 2.75) is 71.9 Å². The van der Waals surface area contributed by atoms with E-state index >= 15 is 0 Å². The molecule has 2 aliphatic rings. The van der Waals surface area contributed by atoms with E-state index in [1.807, 2.05) is 71.8 Å². The van der Waals surface area contributed by atoms with E-state index in [1.165, 1.54) is 12.8 Å². The number of carbonyl (C=O) groups is 2. The fourth-order valence-electron chi connectivity index (χ4n) is 4.20. The molecule has 1 fully saturated rings. The van der Waals surface area contributed by atoms with Crippen LogP contribution in [-0.2, 0) is 22.7 Å². The molecular formula is C26H34Br2N2O2. The zero-order valence-corrected chi connectivity index (χ0v) is 22.3. The van der Waals surface area contributed by atoms with Gasteiger partial charge in [-0.25, -0.2) is 0 Å². The SMILES string of the molecule is Cc1cccc[n+]1CC(=O)C1=CCCC1.Cc1cccc[n+]1CC(=O)C1CCCC1.[Br-].[Br-]. The van der Waals surface area contributed by atoms with Gasteiger partial charge in [0.2, 0.25) is 24.7 Å². The van der Waals surface area contributed by atoms with Gasteiger partial charge in [0.25, 0.3) is 0 Å². The molecule has 0 aliphatic heterocycles. The van der Waals surface area contributed by atoms with Crippen molar-refractivity contribution >= 4 is 11.6 Å². The zero-order valence-electron chi connectivity index (χ0n) is 19.1. The number of nitrogens with zero attached hydrogens (tertiary/aromatic N) is 2. The van der Waals surface area contributed by atoms with Gasteiger partial charge >= 0.3 is 0 Å². The second kappa shape index (κ2) is 14.5. The van der Waals surface area contributed by atoms with Gasteiger partial charge in [0.1, 0.15) is 0 Å². The van der Waals surface area contributed by atoms with Crippen LogP contribution in [0.3, 0.4) is 0 Å². The predicted molar refractivity (Wildman–Crippen MR) is 117 cm³/mol. The summed E-state index contributed by atoms with van der Waals surface area (Å²) in [7, 11) is 0. The number of ketones is 2. The van der Waals surface area contributed by atoms with Crippen LogP contribution in [0.4, 0.5) is 0 Å². The van der Waals surface area contributed by atoms with Crippen LogP contribution in [0.2, 0.25) is 0 Å². The minimum Gasteiger partial charge on any atom is -1.00 e. The van der Waals surface area contributed by atoms with Crippen LogP contribution >= 0.6 is 0 Å². The van der Waals surface area contributed by atoms with Crippen molar-refractivity contribution in [2.75, 3.05) is 0 Å². The maximum absolute atomic E-state index is 11.9. The molecule has 0 aromatic carbocycles. The first-order valence-electron chi connectivity index (χ1n) is 11.2. The first-order chi connectivity index (χ1) is 14.5. The standard InChI is InChI=1S/C13H18NO.C13H16NO.2BrH/c2*1-11-6-4-5-9-14(11)10-13(15)12-7-2-3-8-12;;/h4-6,9,12H,2-3,7-8,10H2,1H3;4-7,9H,2-3,8,10H2,1H3;2*1H/q2*+1;;/p-2. The molecule has 0 amide bonds. The highest BCUT2D eigenvalue weighted by atomic mass is 79.9. The third-order valence-electron chi connectivity index (χ3n) is 6.18. The fraction of sp³-hybridized carbons (Fsp3) is 0.462. The van der Waals surface area contributed by atoms with E-state index in [-0.39, 0.29) is 39.7 Å². The topological polar surface area (TPSA) is 41.9 Å². The van der Waals surface area contributed by atoms with Crippen LogP contribution in [0.5, 0.6) is 0 Å². The van der Waals surface area contributed by atoms with Gasteiger partial charge in [-0.05, 0) is 37.7 Å². The molecule has 174 valence electrons.